The zero-order valence-corrected chi connectivity index (χ0v) is 13.7. The fourth-order valence-electron chi connectivity index (χ4n) is 2.35. The van der Waals surface area contributed by atoms with Crippen LogP contribution in [0.1, 0.15) is 51.7 Å². The van der Waals surface area contributed by atoms with Crippen molar-refractivity contribution in [3.8, 4) is 0 Å². The quantitative estimate of drug-likeness (QED) is 0.865. The standard InChI is InChI=1S/C17H28N2O/c1-7-18-17(4,5)16(20)19(6)12-14-8-10-15(11-9-14)13(2)3/h8-11,13,18H,7,12H2,1-6H3. The monoisotopic (exact) mass is 276 g/mol. The molecule has 0 heterocycles. The molecule has 0 bridgehead atoms. The van der Waals surface area contributed by atoms with Gasteiger partial charge in [-0.2, -0.15) is 0 Å². The van der Waals surface area contributed by atoms with E-state index in [1.54, 1.807) is 4.90 Å². The van der Waals surface area contributed by atoms with Gasteiger partial charge in [0.25, 0.3) is 0 Å². The minimum Gasteiger partial charge on any atom is -0.340 e. The smallest absolute Gasteiger partial charge is 0.242 e. The van der Waals surface area contributed by atoms with E-state index in [0.717, 1.165) is 12.1 Å². The van der Waals surface area contributed by atoms with Crippen LogP contribution in [0.4, 0.5) is 0 Å². The van der Waals surface area contributed by atoms with Crippen molar-refractivity contribution in [3.05, 3.63) is 35.4 Å². The van der Waals surface area contributed by atoms with Crippen LogP contribution in [0.2, 0.25) is 0 Å². The van der Waals surface area contributed by atoms with Crippen LogP contribution in [0.5, 0.6) is 0 Å². The lowest BCUT2D eigenvalue weighted by molar-refractivity contribution is -0.136. The maximum absolute atomic E-state index is 12.4. The Hall–Kier alpha value is -1.35. The molecule has 1 amide bonds. The van der Waals surface area contributed by atoms with E-state index in [-0.39, 0.29) is 5.91 Å². The lowest BCUT2D eigenvalue weighted by Crippen LogP contribution is -2.52. The Balaban J connectivity index is 2.70. The predicted molar refractivity (Wildman–Crippen MR) is 84.8 cm³/mol. The van der Waals surface area contributed by atoms with E-state index in [1.807, 2.05) is 27.8 Å². The lowest BCUT2D eigenvalue weighted by atomic mass is 10.0. The molecule has 0 aromatic heterocycles. The number of carbonyl (C=O) groups is 1. The fraction of sp³-hybridized carbons (Fsp3) is 0.588. The number of nitrogens with one attached hydrogen (secondary N) is 1. The number of carbonyl (C=O) groups excluding carboxylic acids is 1. The summed E-state index contributed by atoms with van der Waals surface area (Å²) in [5.74, 6) is 0.656. The molecule has 0 aliphatic carbocycles. The molecule has 0 aliphatic rings. The van der Waals surface area contributed by atoms with Crippen molar-refractivity contribution in [2.24, 2.45) is 0 Å². The minimum atomic E-state index is -0.513. The van der Waals surface area contributed by atoms with Crippen LogP contribution in [0.3, 0.4) is 0 Å². The Morgan fingerprint density at radius 1 is 1.25 bits per heavy atom. The van der Waals surface area contributed by atoms with Gasteiger partial charge in [-0.05, 0) is 37.4 Å². The first-order chi connectivity index (χ1) is 9.27. The number of likely N-dealkylation sites (N-methyl/N-ethyl adjacent to an activating group) is 2. The van der Waals surface area contributed by atoms with Gasteiger partial charge in [0.05, 0.1) is 5.54 Å². The molecule has 112 valence electrons. The van der Waals surface area contributed by atoms with Gasteiger partial charge >= 0.3 is 0 Å². The van der Waals surface area contributed by atoms with Crippen molar-refractivity contribution >= 4 is 5.91 Å². The molecule has 3 heteroatoms. The number of benzene rings is 1. The second-order valence-corrected chi connectivity index (χ2v) is 6.21. The van der Waals surface area contributed by atoms with Gasteiger partial charge in [-0.25, -0.2) is 0 Å². The number of hydrogen-bond acceptors (Lipinski definition) is 2. The lowest BCUT2D eigenvalue weighted by Gasteiger charge is -2.30. The molecule has 0 saturated carbocycles. The molecule has 20 heavy (non-hydrogen) atoms. The molecular weight excluding hydrogens is 248 g/mol. The molecule has 1 aromatic rings. The summed E-state index contributed by atoms with van der Waals surface area (Å²) in [6.45, 7) is 11.7. The summed E-state index contributed by atoms with van der Waals surface area (Å²) in [7, 11) is 1.86. The summed E-state index contributed by atoms with van der Waals surface area (Å²) in [5, 5.41) is 3.22. The molecule has 0 radical (unpaired) electrons. The molecule has 3 nitrogen and oxygen atoms in total. The van der Waals surface area contributed by atoms with E-state index < -0.39 is 5.54 Å². The van der Waals surface area contributed by atoms with Crippen molar-refractivity contribution < 1.29 is 4.79 Å². The second-order valence-electron chi connectivity index (χ2n) is 6.21. The van der Waals surface area contributed by atoms with Crippen LogP contribution in [0.15, 0.2) is 24.3 Å². The maximum atomic E-state index is 12.4. The third-order valence-corrected chi connectivity index (χ3v) is 3.57. The van der Waals surface area contributed by atoms with Gasteiger partial charge in [0.2, 0.25) is 5.91 Å². The van der Waals surface area contributed by atoms with Crippen LogP contribution in [-0.4, -0.2) is 29.9 Å². The average Bonchev–Trinajstić information content (AvgIpc) is 2.38. The van der Waals surface area contributed by atoms with E-state index in [2.05, 4.69) is 43.4 Å². The Morgan fingerprint density at radius 3 is 2.25 bits per heavy atom. The SMILES string of the molecule is CCNC(C)(C)C(=O)N(C)Cc1ccc(C(C)C)cc1. The van der Waals surface area contributed by atoms with Gasteiger partial charge in [-0.3, -0.25) is 4.79 Å². The van der Waals surface area contributed by atoms with Gasteiger partial charge in [0, 0.05) is 13.6 Å². The summed E-state index contributed by atoms with van der Waals surface area (Å²) in [6.07, 6.45) is 0. The number of amides is 1. The van der Waals surface area contributed by atoms with Crippen molar-refractivity contribution in [2.75, 3.05) is 13.6 Å². The van der Waals surface area contributed by atoms with Crippen molar-refractivity contribution in [1.82, 2.24) is 10.2 Å². The fourth-order valence-corrected chi connectivity index (χ4v) is 2.35. The van der Waals surface area contributed by atoms with E-state index in [0.29, 0.717) is 12.5 Å². The Kier molecular flexibility index (Phi) is 5.75. The molecule has 0 fully saturated rings. The van der Waals surface area contributed by atoms with E-state index in [4.69, 9.17) is 0 Å². The highest BCUT2D eigenvalue weighted by Gasteiger charge is 2.29. The van der Waals surface area contributed by atoms with Gasteiger partial charge in [0.1, 0.15) is 0 Å². The van der Waals surface area contributed by atoms with E-state index >= 15 is 0 Å². The Labute approximate surface area is 123 Å². The van der Waals surface area contributed by atoms with E-state index in [1.165, 1.54) is 5.56 Å². The molecule has 0 spiro atoms. The minimum absolute atomic E-state index is 0.118. The van der Waals surface area contributed by atoms with Crippen LogP contribution in [0, 0.1) is 0 Å². The molecule has 0 unspecified atom stereocenters. The first-order valence-corrected chi connectivity index (χ1v) is 7.37. The predicted octanol–water partition coefficient (Wildman–Crippen LogP) is 3.16. The highest BCUT2D eigenvalue weighted by Crippen LogP contribution is 2.16. The van der Waals surface area contributed by atoms with Gasteiger partial charge in [0.15, 0.2) is 0 Å². The topological polar surface area (TPSA) is 32.3 Å². The van der Waals surface area contributed by atoms with Crippen LogP contribution in [-0.2, 0) is 11.3 Å². The molecule has 1 N–H and O–H groups in total. The summed E-state index contributed by atoms with van der Waals surface area (Å²) in [5.41, 5.74) is 1.98. The van der Waals surface area contributed by atoms with Crippen molar-refractivity contribution in [2.45, 2.75) is 52.6 Å². The summed E-state index contributed by atoms with van der Waals surface area (Å²) >= 11 is 0. The van der Waals surface area contributed by atoms with Crippen molar-refractivity contribution in [1.29, 1.82) is 0 Å². The zero-order chi connectivity index (χ0) is 15.3. The molecule has 0 atom stereocenters. The third-order valence-electron chi connectivity index (χ3n) is 3.57. The van der Waals surface area contributed by atoms with Gasteiger partial charge in [-0.15, -0.1) is 0 Å². The summed E-state index contributed by atoms with van der Waals surface area (Å²) < 4.78 is 0. The third kappa shape index (κ3) is 4.34. The van der Waals surface area contributed by atoms with Gasteiger partial charge in [-0.1, -0.05) is 45.0 Å². The summed E-state index contributed by atoms with van der Waals surface area (Å²) in [4.78, 5) is 14.2. The van der Waals surface area contributed by atoms with Crippen LogP contribution in [0.25, 0.3) is 0 Å². The van der Waals surface area contributed by atoms with E-state index in [9.17, 15) is 4.79 Å². The highest BCUT2D eigenvalue weighted by atomic mass is 16.2. The molecule has 0 aliphatic heterocycles. The Bertz CT molecular complexity index is 435. The normalized spacial score (nSPS) is 11.8. The average molecular weight is 276 g/mol. The number of rotatable bonds is 6. The molecule has 0 saturated heterocycles. The molecule has 1 aromatic carbocycles. The largest absolute Gasteiger partial charge is 0.340 e. The van der Waals surface area contributed by atoms with Crippen LogP contribution >= 0.6 is 0 Å². The highest BCUT2D eigenvalue weighted by molar-refractivity contribution is 5.85. The molecular formula is C17H28N2O. The Morgan fingerprint density at radius 2 is 1.80 bits per heavy atom. The molecule has 1 rings (SSSR count). The number of hydrogen-bond donors (Lipinski definition) is 1. The summed E-state index contributed by atoms with van der Waals surface area (Å²) in [6, 6.07) is 8.51. The second kappa shape index (κ2) is 6.89. The first kappa shape index (κ1) is 16.7. The number of nitrogens with zero attached hydrogens (tertiary/aromatic N) is 1. The first-order valence-electron chi connectivity index (χ1n) is 7.37. The van der Waals surface area contributed by atoms with Crippen LogP contribution < -0.4 is 5.32 Å². The maximum Gasteiger partial charge on any atom is 0.242 e. The van der Waals surface area contributed by atoms with Gasteiger partial charge < -0.3 is 10.2 Å². The van der Waals surface area contributed by atoms with Crippen molar-refractivity contribution in [3.63, 3.8) is 0 Å². The zero-order valence-electron chi connectivity index (χ0n) is 13.7.